The average Bonchev–Trinajstić information content (AvgIpc) is 3.03. The number of nitrogens with zero attached hydrogens (tertiary/aromatic N) is 2. The topological polar surface area (TPSA) is 66.9 Å². The van der Waals surface area contributed by atoms with Crippen molar-refractivity contribution in [1.82, 2.24) is 4.90 Å². The zero-order valence-electron chi connectivity index (χ0n) is 14.8. The fourth-order valence-corrected chi connectivity index (χ4v) is 3.80. The Hall–Kier alpha value is -2.08. The van der Waals surface area contributed by atoms with Crippen molar-refractivity contribution in [3.05, 3.63) is 29.3 Å². The number of carbonyl (C=O) groups excluding carboxylic acids is 3. The molecule has 0 spiro atoms. The number of esters is 1. The number of rotatable bonds is 4. The van der Waals surface area contributed by atoms with Crippen LogP contribution in [0.1, 0.15) is 26.2 Å². The summed E-state index contributed by atoms with van der Waals surface area (Å²) in [5.74, 6) is -0.729. The molecule has 2 amide bonds. The van der Waals surface area contributed by atoms with Gasteiger partial charge in [0.05, 0.1) is 18.4 Å². The van der Waals surface area contributed by atoms with Gasteiger partial charge in [0.1, 0.15) is 0 Å². The molecular weight excluding hydrogens is 356 g/mol. The van der Waals surface area contributed by atoms with E-state index in [1.54, 1.807) is 34.9 Å². The average molecular weight is 379 g/mol. The number of hydrogen-bond acceptors (Lipinski definition) is 4. The van der Waals surface area contributed by atoms with Crippen LogP contribution in [0.5, 0.6) is 0 Å². The van der Waals surface area contributed by atoms with E-state index < -0.39 is 0 Å². The molecule has 1 aromatic carbocycles. The van der Waals surface area contributed by atoms with Crippen molar-refractivity contribution in [3.63, 3.8) is 0 Å². The Balaban J connectivity index is 1.58. The summed E-state index contributed by atoms with van der Waals surface area (Å²) in [7, 11) is 0. The number of amides is 2. The molecule has 0 aliphatic carbocycles. The first-order chi connectivity index (χ1) is 12.5. The summed E-state index contributed by atoms with van der Waals surface area (Å²) in [6.45, 7) is 3.60. The minimum atomic E-state index is -0.347. The predicted octanol–water partition coefficient (Wildman–Crippen LogP) is 2.49. The third kappa shape index (κ3) is 4.01. The molecule has 26 heavy (non-hydrogen) atoms. The van der Waals surface area contributed by atoms with Crippen molar-refractivity contribution < 1.29 is 19.1 Å². The Bertz CT molecular complexity index is 701. The molecule has 7 heteroatoms. The first kappa shape index (κ1) is 18.7. The van der Waals surface area contributed by atoms with E-state index >= 15 is 0 Å². The van der Waals surface area contributed by atoms with Gasteiger partial charge in [0.15, 0.2) is 0 Å². The normalized spacial score (nSPS) is 21.2. The molecule has 2 heterocycles. The Morgan fingerprint density at radius 2 is 1.96 bits per heavy atom. The van der Waals surface area contributed by atoms with Crippen LogP contribution in [0.25, 0.3) is 0 Å². The first-order valence-corrected chi connectivity index (χ1v) is 9.38. The van der Waals surface area contributed by atoms with Crippen LogP contribution in [0.4, 0.5) is 5.69 Å². The van der Waals surface area contributed by atoms with Gasteiger partial charge in [-0.25, -0.2) is 0 Å². The molecule has 0 aromatic heterocycles. The summed E-state index contributed by atoms with van der Waals surface area (Å²) in [4.78, 5) is 40.4. The molecule has 3 rings (SSSR count). The second kappa shape index (κ2) is 8.08. The zero-order valence-corrected chi connectivity index (χ0v) is 15.6. The Labute approximate surface area is 158 Å². The molecule has 2 aliphatic heterocycles. The van der Waals surface area contributed by atoms with E-state index in [-0.39, 0.29) is 36.0 Å². The zero-order chi connectivity index (χ0) is 18.7. The number of anilines is 1. The molecule has 1 atom stereocenters. The number of piperidine rings is 1. The van der Waals surface area contributed by atoms with Crippen LogP contribution in [0.2, 0.25) is 5.02 Å². The number of benzene rings is 1. The van der Waals surface area contributed by atoms with E-state index in [0.717, 1.165) is 5.69 Å². The monoisotopic (exact) mass is 378 g/mol. The van der Waals surface area contributed by atoms with Crippen molar-refractivity contribution >= 4 is 35.1 Å². The van der Waals surface area contributed by atoms with Crippen molar-refractivity contribution in [2.24, 2.45) is 11.8 Å². The highest BCUT2D eigenvalue weighted by Crippen LogP contribution is 2.29. The van der Waals surface area contributed by atoms with Crippen molar-refractivity contribution in [2.45, 2.75) is 26.2 Å². The lowest BCUT2D eigenvalue weighted by Crippen LogP contribution is -2.44. The molecule has 2 fully saturated rings. The summed E-state index contributed by atoms with van der Waals surface area (Å²) < 4.78 is 5.06. The van der Waals surface area contributed by atoms with Crippen LogP contribution in [-0.4, -0.2) is 48.9 Å². The molecular formula is C19H23ClN2O4. The van der Waals surface area contributed by atoms with Gasteiger partial charge in [0.2, 0.25) is 11.8 Å². The van der Waals surface area contributed by atoms with Crippen LogP contribution in [-0.2, 0) is 19.1 Å². The maximum Gasteiger partial charge on any atom is 0.309 e. The quantitative estimate of drug-likeness (QED) is 0.755. The smallest absolute Gasteiger partial charge is 0.309 e. The summed E-state index contributed by atoms with van der Waals surface area (Å²) in [5.41, 5.74) is 0.721. The van der Waals surface area contributed by atoms with Gasteiger partial charge >= 0.3 is 5.97 Å². The van der Waals surface area contributed by atoms with Crippen LogP contribution < -0.4 is 4.90 Å². The molecule has 0 bridgehead atoms. The van der Waals surface area contributed by atoms with E-state index in [4.69, 9.17) is 16.3 Å². The largest absolute Gasteiger partial charge is 0.466 e. The SMILES string of the molecule is CCOC(=O)C1CCN(C(=O)[C@@H]2CC(=O)N(c3cccc(Cl)c3)C2)CC1. The minimum absolute atomic E-state index is 0.00909. The summed E-state index contributed by atoms with van der Waals surface area (Å²) in [6.07, 6.45) is 1.44. The summed E-state index contributed by atoms with van der Waals surface area (Å²) in [5, 5.41) is 0.561. The van der Waals surface area contributed by atoms with Gasteiger partial charge in [-0.05, 0) is 38.0 Å². The van der Waals surface area contributed by atoms with E-state index in [0.29, 0.717) is 44.1 Å². The highest BCUT2D eigenvalue weighted by Gasteiger charge is 2.38. The number of ether oxygens (including phenoxy) is 1. The van der Waals surface area contributed by atoms with E-state index in [9.17, 15) is 14.4 Å². The van der Waals surface area contributed by atoms with Gasteiger partial charge in [-0.3, -0.25) is 14.4 Å². The lowest BCUT2D eigenvalue weighted by atomic mass is 9.95. The lowest BCUT2D eigenvalue weighted by molar-refractivity contribution is -0.151. The molecule has 0 radical (unpaired) electrons. The minimum Gasteiger partial charge on any atom is -0.466 e. The number of halogens is 1. The fourth-order valence-electron chi connectivity index (χ4n) is 3.62. The molecule has 0 N–H and O–H groups in total. The van der Waals surface area contributed by atoms with Crippen LogP contribution in [0, 0.1) is 11.8 Å². The highest BCUT2D eigenvalue weighted by molar-refractivity contribution is 6.31. The summed E-state index contributed by atoms with van der Waals surface area (Å²) >= 11 is 6.00. The van der Waals surface area contributed by atoms with Gasteiger partial charge in [0.25, 0.3) is 0 Å². The van der Waals surface area contributed by atoms with Crippen molar-refractivity contribution in [2.75, 3.05) is 31.1 Å². The van der Waals surface area contributed by atoms with Gasteiger partial charge in [-0.1, -0.05) is 17.7 Å². The van der Waals surface area contributed by atoms with Crippen LogP contribution in [0.15, 0.2) is 24.3 Å². The highest BCUT2D eigenvalue weighted by atomic mass is 35.5. The molecule has 0 saturated carbocycles. The van der Waals surface area contributed by atoms with Crippen LogP contribution >= 0.6 is 11.6 Å². The maximum absolute atomic E-state index is 12.8. The molecule has 6 nitrogen and oxygen atoms in total. The predicted molar refractivity (Wildman–Crippen MR) is 97.8 cm³/mol. The van der Waals surface area contributed by atoms with Gasteiger partial charge in [-0.15, -0.1) is 0 Å². The molecule has 1 aromatic rings. The van der Waals surface area contributed by atoms with Gasteiger partial charge in [0, 0.05) is 36.8 Å². The third-order valence-electron chi connectivity index (χ3n) is 5.02. The Morgan fingerprint density at radius 1 is 1.23 bits per heavy atom. The van der Waals surface area contributed by atoms with Crippen molar-refractivity contribution in [3.8, 4) is 0 Å². The molecule has 2 aliphatic rings. The summed E-state index contributed by atoms with van der Waals surface area (Å²) in [6, 6.07) is 7.10. The Kier molecular flexibility index (Phi) is 5.81. The van der Waals surface area contributed by atoms with Gasteiger partial charge in [-0.2, -0.15) is 0 Å². The lowest BCUT2D eigenvalue weighted by Gasteiger charge is -2.32. The molecule has 2 saturated heterocycles. The standard InChI is InChI=1S/C19H23ClN2O4/c1-2-26-19(25)13-6-8-21(9-7-13)18(24)14-10-17(23)22(12-14)16-5-3-4-15(20)11-16/h3-5,11,13-14H,2,6-10,12H2,1H3/t14-/m1/s1. The number of hydrogen-bond donors (Lipinski definition) is 0. The van der Waals surface area contributed by atoms with Crippen LogP contribution in [0.3, 0.4) is 0 Å². The maximum atomic E-state index is 12.8. The number of carbonyl (C=O) groups is 3. The van der Waals surface area contributed by atoms with E-state index in [1.807, 2.05) is 6.07 Å². The van der Waals surface area contributed by atoms with E-state index in [1.165, 1.54) is 0 Å². The molecule has 0 unspecified atom stereocenters. The second-order valence-corrected chi connectivity index (χ2v) is 7.17. The Morgan fingerprint density at radius 3 is 2.62 bits per heavy atom. The fraction of sp³-hybridized carbons (Fsp3) is 0.526. The second-order valence-electron chi connectivity index (χ2n) is 6.74. The first-order valence-electron chi connectivity index (χ1n) is 9.01. The third-order valence-corrected chi connectivity index (χ3v) is 5.26. The van der Waals surface area contributed by atoms with Crippen molar-refractivity contribution in [1.29, 1.82) is 0 Å². The number of likely N-dealkylation sites (tertiary alicyclic amines) is 1. The van der Waals surface area contributed by atoms with E-state index in [2.05, 4.69) is 0 Å². The molecule has 140 valence electrons. The van der Waals surface area contributed by atoms with Gasteiger partial charge < -0.3 is 14.5 Å².